The van der Waals surface area contributed by atoms with Gasteiger partial charge in [-0.2, -0.15) is 0 Å². The molecule has 0 fully saturated rings. The first-order chi connectivity index (χ1) is 9.60. The van der Waals surface area contributed by atoms with E-state index in [1.165, 1.54) is 18.7 Å². The lowest BCUT2D eigenvalue weighted by molar-refractivity contribution is -0.141. The standard InChI is InChI=1S/C14H23IO4S/c1-3-18-14(17)11-20-13(10-19-12(2)16)8-6-4-5-7-9-15/h5,7,13H,3-4,6,8-11H2,1-2H3/b7-5+. The summed E-state index contributed by atoms with van der Waals surface area (Å²) in [6.07, 6.45) is 7.25. The van der Waals surface area contributed by atoms with Gasteiger partial charge in [0.05, 0.1) is 12.4 Å². The van der Waals surface area contributed by atoms with E-state index in [-0.39, 0.29) is 17.2 Å². The van der Waals surface area contributed by atoms with Crippen LogP contribution in [0, 0.1) is 0 Å². The first-order valence-electron chi connectivity index (χ1n) is 6.71. The second-order valence-electron chi connectivity index (χ2n) is 4.10. The van der Waals surface area contributed by atoms with Crippen LogP contribution >= 0.6 is 34.4 Å². The number of thioether (sulfide) groups is 1. The van der Waals surface area contributed by atoms with Gasteiger partial charge in [0.1, 0.15) is 6.61 Å². The van der Waals surface area contributed by atoms with Gasteiger partial charge in [-0.3, -0.25) is 9.59 Å². The van der Waals surface area contributed by atoms with Crippen molar-refractivity contribution in [3.05, 3.63) is 12.2 Å². The van der Waals surface area contributed by atoms with Crippen molar-refractivity contribution < 1.29 is 19.1 Å². The molecular weight excluding hydrogens is 391 g/mol. The molecule has 0 bridgehead atoms. The Morgan fingerprint density at radius 1 is 1.30 bits per heavy atom. The number of carbonyl (C=O) groups is 2. The third kappa shape index (κ3) is 12.8. The molecule has 0 saturated carbocycles. The number of hydrogen-bond acceptors (Lipinski definition) is 5. The van der Waals surface area contributed by atoms with E-state index in [2.05, 4.69) is 34.7 Å². The molecule has 0 aliphatic rings. The van der Waals surface area contributed by atoms with Gasteiger partial charge in [-0.15, -0.1) is 11.8 Å². The van der Waals surface area contributed by atoms with E-state index in [1.54, 1.807) is 6.92 Å². The first kappa shape index (κ1) is 19.8. The minimum absolute atomic E-state index is 0.149. The van der Waals surface area contributed by atoms with Crippen molar-refractivity contribution >= 4 is 46.3 Å². The summed E-state index contributed by atoms with van der Waals surface area (Å²) in [5, 5.41) is 0.149. The third-order valence-electron chi connectivity index (χ3n) is 2.37. The molecule has 0 rings (SSSR count). The molecule has 0 saturated heterocycles. The molecule has 0 aliphatic carbocycles. The monoisotopic (exact) mass is 414 g/mol. The summed E-state index contributed by atoms with van der Waals surface area (Å²) in [5.74, 6) is -0.185. The van der Waals surface area contributed by atoms with Crippen LogP contribution in [0.1, 0.15) is 33.1 Å². The molecule has 0 N–H and O–H groups in total. The van der Waals surface area contributed by atoms with Crippen molar-refractivity contribution in [2.24, 2.45) is 0 Å². The van der Waals surface area contributed by atoms with Crippen LogP contribution in [-0.2, 0) is 19.1 Å². The smallest absolute Gasteiger partial charge is 0.315 e. The molecule has 0 spiro atoms. The fourth-order valence-electron chi connectivity index (χ4n) is 1.46. The zero-order chi connectivity index (χ0) is 15.2. The van der Waals surface area contributed by atoms with Crippen molar-refractivity contribution in [2.45, 2.75) is 38.4 Å². The molecule has 6 heteroatoms. The van der Waals surface area contributed by atoms with Gasteiger partial charge in [-0.25, -0.2) is 0 Å². The van der Waals surface area contributed by atoms with Crippen molar-refractivity contribution in [3.63, 3.8) is 0 Å². The molecule has 0 radical (unpaired) electrons. The minimum atomic E-state index is -0.281. The Kier molecular flexibility index (Phi) is 13.6. The zero-order valence-electron chi connectivity index (χ0n) is 12.1. The number of carbonyl (C=O) groups excluding carboxylic acids is 2. The fraction of sp³-hybridized carbons (Fsp3) is 0.714. The molecular formula is C14H23IO4S. The van der Waals surface area contributed by atoms with Gasteiger partial charge in [-0.05, 0) is 26.2 Å². The lowest BCUT2D eigenvalue weighted by atomic mass is 10.2. The van der Waals surface area contributed by atoms with Crippen LogP contribution < -0.4 is 0 Å². The lowest BCUT2D eigenvalue weighted by Gasteiger charge is -2.15. The third-order valence-corrected chi connectivity index (χ3v) is 4.12. The molecule has 0 heterocycles. The highest BCUT2D eigenvalue weighted by atomic mass is 127. The maximum atomic E-state index is 11.3. The number of rotatable bonds is 11. The van der Waals surface area contributed by atoms with Crippen LogP contribution in [0.15, 0.2) is 12.2 Å². The van der Waals surface area contributed by atoms with Crippen molar-refractivity contribution in [3.8, 4) is 0 Å². The molecule has 0 aromatic carbocycles. The van der Waals surface area contributed by atoms with E-state index in [4.69, 9.17) is 9.47 Å². The Morgan fingerprint density at radius 3 is 2.65 bits per heavy atom. The molecule has 20 heavy (non-hydrogen) atoms. The van der Waals surface area contributed by atoms with Gasteiger partial charge >= 0.3 is 11.9 Å². The number of unbranched alkanes of at least 4 members (excludes halogenated alkanes) is 1. The van der Waals surface area contributed by atoms with Gasteiger partial charge in [0.2, 0.25) is 0 Å². The van der Waals surface area contributed by atoms with E-state index in [0.29, 0.717) is 19.0 Å². The molecule has 116 valence electrons. The quantitative estimate of drug-likeness (QED) is 0.171. The lowest BCUT2D eigenvalue weighted by Crippen LogP contribution is -2.18. The molecule has 0 aliphatic heterocycles. The Morgan fingerprint density at radius 2 is 2.05 bits per heavy atom. The number of esters is 2. The molecule has 0 aromatic heterocycles. The van der Waals surface area contributed by atoms with Gasteiger partial charge in [0, 0.05) is 16.6 Å². The summed E-state index contributed by atoms with van der Waals surface area (Å²) in [5.41, 5.74) is 0. The number of ether oxygens (including phenoxy) is 2. The number of alkyl halides is 1. The second-order valence-corrected chi connectivity index (χ2v) is 6.27. The highest BCUT2D eigenvalue weighted by Gasteiger charge is 2.13. The van der Waals surface area contributed by atoms with Crippen LogP contribution in [-0.4, -0.2) is 40.6 Å². The summed E-state index contributed by atoms with van der Waals surface area (Å²) in [7, 11) is 0. The number of allylic oxidation sites excluding steroid dienone is 2. The second kappa shape index (κ2) is 13.7. The van der Waals surface area contributed by atoms with Gasteiger partial charge in [0.25, 0.3) is 0 Å². The SMILES string of the molecule is CCOC(=O)CSC(CCC/C=C/CI)COC(C)=O. The Hall–Kier alpha value is -0.240. The predicted octanol–water partition coefficient (Wildman–Crippen LogP) is 3.38. The molecule has 1 unspecified atom stereocenters. The Bertz CT molecular complexity index is 308. The van der Waals surface area contributed by atoms with E-state index in [0.717, 1.165) is 23.7 Å². The largest absolute Gasteiger partial charge is 0.465 e. The Balaban J connectivity index is 4.02. The number of hydrogen-bond donors (Lipinski definition) is 0. The normalized spacial score (nSPS) is 12.3. The molecule has 1 atom stereocenters. The number of halogens is 1. The average molecular weight is 414 g/mol. The van der Waals surface area contributed by atoms with Crippen molar-refractivity contribution in [1.82, 2.24) is 0 Å². The van der Waals surface area contributed by atoms with Crippen LogP contribution in [0.25, 0.3) is 0 Å². The highest BCUT2D eigenvalue weighted by molar-refractivity contribution is 14.1. The minimum Gasteiger partial charge on any atom is -0.465 e. The zero-order valence-corrected chi connectivity index (χ0v) is 15.1. The van der Waals surface area contributed by atoms with E-state index < -0.39 is 0 Å². The Labute approximate surface area is 139 Å². The van der Waals surface area contributed by atoms with Gasteiger partial charge in [0.15, 0.2) is 0 Å². The van der Waals surface area contributed by atoms with Gasteiger partial charge < -0.3 is 9.47 Å². The summed E-state index contributed by atoms with van der Waals surface area (Å²) in [6, 6.07) is 0. The maximum Gasteiger partial charge on any atom is 0.315 e. The summed E-state index contributed by atoms with van der Waals surface area (Å²) in [4.78, 5) is 22.2. The predicted molar refractivity (Wildman–Crippen MR) is 91.4 cm³/mol. The van der Waals surface area contributed by atoms with Crippen LogP contribution in [0.3, 0.4) is 0 Å². The van der Waals surface area contributed by atoms with E-state index in [9.17, 15) is 9.59 Å². The summed E-state index contributed by atoms with van der Waals surface area (Å²) < 4.78 is 11.0. The van der Waals surface area contributed by atoms with Crippen molar-refractivity contribution in [2.75, 3.05) is 23.4 Å². The topological polar surface area (TPSA) is 52.6 Å². The fourth-order valence-corrected chi connectivity index (χ4v) is 2.77. The maximum absolute atomic E-state index is 11.3. The van der Waals surface area contributed by atoms with Crippen molar-refractivity contribution in [1.29, 1.82) is 0 Å². The summed E-state index contributed by atoms with van der Waals surface area (Å²) >= 11 is 3.80. The van der Waals surface area contributed by atoms with E-state index in [1.807, 2.05) is 0 Å². The average Bonchev–Trinajstić information content (AvgIpc) is 2.40. The molecule has 0 aromatic rings. The van der Waals surface area contributed by atoms with Gasteiger partial charge in [-0.1, -0.05) is 34.7 Å². The molecule has 4 nitrogen and oxygen atoms in total. The van der Waals surface area contributed by atoms with Crippen LogP contribution in [0.2, 0.25) is 0 Å². The van der Waals surface area contributed by atoms with E-state index >= 15 is 0 Å². The highest BCUT2D eigenvalue weighted by Crippen LogP contribution is 2.18. The van der Waals surface area contributed by atoms with Crippen LogP contribution in [0.5, 0.6) is 0 Å². The molecule has 0 amide bonds. The summed E-state index contributed by atoms with van der Waals surface area (Å²) in [6.45, 7) is 3.94. The first-order valence-corrected chi connectivity index (χ1v) is 9.29. The van der Waals surface area contributed by atoms with Crippen LogP contribution in [0.4, 0.5) is 0 Å².